The van der Waals surface area contributed by atoms with E-state index >= 15 is 0 Å². The van der Waals surface area contributed by atoms with Gasteiger partial charge in [0, 0.05) is 35.1 Å². The summed E-state index contributed by atoms with van der Waals surface area (Å²) in [6.45, 7) is 10.9. The predicted molar refractivity (Wildman–Crippen MR) is 200 cm³/mol. The van der Waals surface area contributed by atoms with Crippen LogP contribution in [0.5, 0.6) is 0 Å². The maximum absolute atomic E-state index is 4.45. The first kappa shape index (κ1) is 32.5. The minimum absolute atomic E-state index is 0. The molecule has 7 heteroatoms. The van der Waals surface area contributed by atoms with Gasteiger partial charge in [0.25, 0.3) is 0 Å². The second kappa shape index (κ2) is 13.1. The van der Waals surface area contributed by atoms with Crippen molar-refractivity contribution < 1.29 is 21.1 Å². The van der Waals surface area contributed by atoms with E-state index in [2.05, 4.69) is 163 Å². The molecule has 0 amide bonds. The van der Waals surface area contributed by atoms with Crippen molar-refractivity contribution >= 4 is 55.9 Å². The Morgan fingerprint density at radius 1 is 0.612 bits per heavy atom. The van der Waals surface area contributed by atoms with Gasteiger partial charge < -0.3 is 24.6 Å². The summed E-state index contributed by atoms with van der Waals surface area (Å²) in [4.78, 5) is 17.3. The van der Waals surface area contributed by atoms with E-state index in [9.17, 15) is 0 Å². The third-order valence-electron chi connectivity index (χ3n) is 9.18. The van der Waals surface area contributed by atoms with Crippen LogP contribution in [0.2, 0.25) is 0 Å². The molecule has 7 aromatic rings. The molecule has 2 aliphatic rings. The van der Waals surface area contributed by atoms with Gasteiger partial charge in [-0.2, -0.15) is 13.3 Å². The summed E-state index contributed by atoms with van der Waals surface area (Å²) >= 11 is 0. The molecule has 0 radical (unpaired) electrons. The van der Waals surface area contributed by atoms with Crippen LogP contribution in [-0.4, -0.2) is 19.1 Å². The summed E-state index contributed by atoms with van der Waals surface area (Å²) in [7, 11) is 4.19. The van der Waals surface area contributed by atoms with E-state index in [-0.39, 0.29) is 21.1 Å². The summed E-state index contributed by atoms with van der Waals surface area (Å²) < 4.78 is 0. The van der Waals surface area contributed by atoms with Crippen LogP contribution in [0.4, 0.5) is 34.1 Å². The van der Waals surface area contributed by atoms with Crippen molar-refractivity contribution in [1.82, 2.24) is 9.97 Å². The molecule has 4 heterocycles. The molecule has 49 heavy (non-hydrogen) atoms. The number of hydrogen-bond acceptors (Lipinski definition) is 5. The van der Waals surface area contributed by atoms with Crippen LogP contribution in [0.1, 0.15) is 16.7 Å². The molecule has 0 spiro atoms. The van der Waals surface area contributed by atoms with Gasteiger partial charge >= 0.3 is 21.1 Å². The van der Waals surface area contributed by atoms with E-state index < -0.39 is 0 Å². The van der Waals surface area contributed by atoms with Gasteiger partial charge in [-0.3, -0.25) is 4.98 Å². The number of pyridine rings is 1. The molecular formula is C42H36N6Pt. The van der Waals surface area contributed by atoms with E-state index in [0.717, 1.165) is 33.8 Å². The molecule has 0 unspecified atom stereocenters. The van der Waals surface area contributed by atoms with E-state index in [1.807, 2.05) is 24.3 Å². The topological polar surface area (TPSA) is 40.0 Å². The Labute approximate surface area is 302 Å². The second-order valence-corrected chi connectivity index (χ2v) is 12.6. The van der Waals surface area contributed by atoms with Gasteiger partial charge in [-0.05, 0) is 92.7 Å². The van der Waals surface area contributed by atoms with Gasteiger partial charge in [0.1, 0.15) is 0 Å². The van der Waals surface area contributed by atoms with Crippen molar-refractivity contribution in [2.24, 2.45) is 0 Å². The summed E-state index contributed by atoms with van der Waals surface area (Å²) in [5, 5.41) is 2.39. The van der Waals surface area contributed by atoms with Crippen molar-refractivity contribution in [1.29, 1.82) is 0 Å². The average molecular weight is 820 g/mol. The quantitative estimate of drug-likeness (QED) is 0.166. The molecular weight excluding hydrogens is 784 g/mol. The number of fused-ring (bicyclic) bond motifs is 5. The van der Waals surface area contributed by atoms with Crippen molar-refractivity contribution in [2.75, 3.05) is 33.7 Å². The summed E-state index contributed by atoms with van der Waals surface area (Å²) in [5.74, 6) is 0. The Morgan fingerprint density at radius 3 is 1.71 bits per heavy atom. The fourth-order valence-corrected chi connectivity index (χ4v) is 7.12. The van der Waals surface area contributed by atoms with Gasteiger partial charge in [-0.15, -0.1) is 46.2 Å². The number of nitrogens with zero attached hydrogens (tertiary/aromatic N) is 6. The number of anilines is 6. The Balaban J connectivity index is 0.000000225. The number of aryl methyl sites for hydroxylation is 3. The molecule has 6 nitrogen and oxygen atoms in total. The Bertz CT molecular complexity index is 2160. The summed E-state index contributed by atoms with van der Waals surface area (Å²) in [6.07, 6.45) is 3.60. The average Bonchev–Trinajstić information content (AvgIpc) is 3.76. The Kier molecular flexibility index (Phi) is 8.68. The van der Waals surface area contributed by atoms with Crippen LogP contribution in [0.15, 0.2) is 116 Å². The Hall–Kier alpha value is -5.06. The number of para-hydroxylation sites is 5. The zero-order valence-corrected chi connectivity index (χ0v) is 30.4. The van der Waals surface area contributed by atoms with Crippen LogP contribution < -0.4 is 24.6 Å². The number of benzene rings is 5. The molecule has 5 aromatic carbocycles. The second-order valence-electron chi connectivity index (χ2n) is 12.6. The fourth-order valence-electron chi connectivity index (χ4n) is 7.12. The third kappa shape index (κ3) is 5.85. The summed E-state index contributed by atoms with van der Waals surface area (Å²) in [6, 6.07) is 40.0. The number of aromatic nitrogens is 2. The molecule has 0 bridgehead atoms. The molecule has 2 aromatic heterocycles. The van der Waals surface area contributed by atoms with Gasteiger partial charge in [-0.25, -0.2) is 0 Å². The number of rotatable bonds is 3. The SMILES string of the molecule is Cc1cc(C)c(-c2cc(N3[CH-]N(C)c4ccccc43)[c-]c(N3[CH-]N(C)c4ccccc43)c2)c(C)c1.[Pt+4].c1ccc2c(c1)[n-]c1cnccc12. The molecule has 0 saturated carbocycles. The minimum atomic E-state index is 0. The largest absolute Gasteiger partial charge is 4.00 e. The monoisotopic (exact) mass is 819 g/mol. The van der Waals surface area contributed by atoms with Gasteiger partial charge in [0.15, 0.2) is 0 Å². The maximum atomic E-state index is 4.45. The zero-order valence-electron chi connectivity index (χ0n) is 28.1. The van der Waals surface area contributed by atoms with Crippen LogP contribution in [0.3, 0.4) is 0 Å². The molecule has 0 atom stereocenters. The van der Waals surface area contributed by atoms with Crippen molar-refractivity contribution in [3.8, 4) is 11.1 Å². The van der Waals surface area contributed by atoms with Gasteiger partial charge in [-0.1, -0.05) is 66.2 Å². The van der Waals surface area contributed by atoms with E-state index in [1.54, 1.807) is 12.4 Å². The molecule has 0 aliphatic carbocycles. The Morgan fingerprint density at radius 2 is 1.12 bits per heavy atom. The van der Waals surface area contributed by atoms with Gasteiger partial charge in [0.2, 0.25) is 0 Å². The van der Waals surface area contributed by atoms with Crippen LogP contribution in [0, 0.1) is 40.2 Å². The molecule has 9 rings (SSSR count). The first-order valence-electron chi connectivity index (χ1n) is 16.2. The first-order valence-corrected chi connectivity index (χ1v) is 16.2. The van der Waals surface area contributed by atoms with E-state index in [4.69, 9.17) is 0 Å². The molecule has 0 saturated heterocycles. The number of hydrogen-bond donors (Lipinski definition) is 0. The van der Waals surface area contributed by atoms with Crippen molar-refractivity contribution in [3.63, 3.8) is 0 Å². The predicted octanol–water partition coefficient (Wildman–Crippen LogP) is 9.84. The maximum Gasteiger partial charge on any atom is 4.00 e. The van der Waals surface area contributed by atoms with Crippen molar-refractivity contribution in [2.45, 2.75) is 20.8 Å². The normalized spacial score (nSPS) is 13.3. The fraction of sp³-hybridized carbons (Fsp3) is 0.119. The first-order chi connectivity index (χ1) is 23.4. The minimum Gasteiger partial charge on any atom is -0.656 e. The van der Waals surface area contributed by atoms with Crippen molar-refractivity contribution in [3.05, 3.63) is 152 Å². The summed E-state index contributed by atoms with van der Waals surface area (Å²) in [5.41, 5.74) is 15.1. The standard InChI is InChI=1S/C31H29N4.C11H7N2.Pt/c1-21-14-22(2)31(23(3)15-21)24-16-25(34-19-32(4)27-10-6-8-12-29(27)34)18-26(17-24)35-20-33(5)28-11-7-9-13-30(28)35;1-2-4-10-8(3-1)9-5-6-12-7-11(9)13-10;/h6-17,19-20H,1-5H3;1-7H;/q-3;-1;+4. The molecule has 0 fully saturated rings. The third-order valence-corrected chi connectivity index (χ3v) is 9.18. The van der Waals surface area contributed by atoms with E-state index in [1.165, 1.54) is 50.0 Å². The molecule has 2 aliphatic heterocycles. The molecule has 0 N–H and O–H groups in total. The van der Waals surface area contributed by atoms with Crippen LogP contribution >= 0.6 is 0 Å². The van der Waals surface area contributed by atoms with E-state index in [0.29, 0.717) is 0 Å². The molecule has 244 valence electrons. The van der Waals surface area contributed by atoms with Gasteiger partial charge in [0.05, 0.1) is 0 Å². The zero-order chi connectivity index (χ0) is 32.9. The smallest absolute Gasteiger partial charge is 0.656 e. The van der Waals surface area contributed by atoms with Crippen LogP contribution in [-0.2, 0) is 21.1 Å². The van der Waals surface area contributed by atoms with Crippen LogP contribution in [0.25, 0.3) is 32.9 Å².